The second-order valence-electron chi connectivity index (χ2n) is 4.65. The lowest BCUT2D eigenvalue weighted by Crippen LogP contribution is -2.56. The van der Waals surface area contributed by atoms with Crippen LogP contribution in [0.3, 0.4) is 0 Å². The number of amides is 1. The van der Waals surface area contributed by atoms with E-state index in [2.05, 4.69) is 24.0 Å². The highest BCUT2D eigenvalue weighted by Gasteiger charge is 2.39. The predicted octanol–water partition coefficient (Wildman–Crippen LogP) is 1.84. The smallest absolute Gasteiger partial charge is 0.263 e. The Kier molecular flexibility index (Phi) is 3.99. The molecule has 98 valence electrons. The van der Waals surface area contributed by atoms with Crippen LogP contribution < -0.4 is 0 Å². The van der Waals surface area contributed by atoms with Gasteiger partial charge >= 0.3 is 0 Å². The van der Waals surface area contributed by atoms with Crippen LogP contribution in [-0.4, -0.2) is 42.6 Å². The zero-order chi connectivity index (χ0) is 13.1. The first kappa shape index (κ1) is 13.1. The number of hydrogen-bond donors (Lipinski definition) is 0. The number of likely N-dealkylation sites (tertiary alicyclic amines) is 1. The largest absolute Gasteiger partial charge is 0.285 e. The first-order valence-corrected chi connectivity index (χ1v) is 6.27. The summed E-state index contributed by atoms with van der Waals surface area (Å²) in [5.74, 6) is 0.0338. The van der Waals surface area contributed by atoms with Crippen molar-refractivity contribution in [2.45, 2.75) is 25.4 Å². The third-order valence-electron chi connectivity index (χ3n) is 3.71. The summed E-state index contributed by atoms with van der Waals surface area (Å²) in [4.78, 5) is 19.2. The molecule has 0 spiro atoms. The topological polar surface area (TPSA) is 32.8 Å². The fourth-order valence-electron chi connectivity index (χ4n) is 2.36. The molecule has 4 nitrogen and oxygen atoms in total. The van der Waals surface area contributed by atoms with Gasteiger partial charge in [-0.25, -0.2) is 5.06 Å². The number of hydrogen-bond acceptors (Lipinski definition) is 3. The molecule has 0 bridgehead atoms. The average molecular weight is 248 g/mol. The van der Waals surface area contributed by atoms with Gasteiger partial charge in [0.25, 0.3) is 5.91 Å². The Hall–Kier alpha value is -1.39. The molecule has 0 aliphatic carbocycles. The number of benzene rings is 1. The lowest BCUT2D eigenvalue weighted by molar-refractivity contribution is -0.180. The zero-order valence-electron chi connectivity index (χ0n) is 11.2. The normalized spacial score (nSPS) is 21.2. The van der Waals surface area contributed by atoms with E-state index in [1.807, 2.05) is 18.2 Å². The van der Waals surface area contributed by atoms with Gasteiger partial charge < -0.3 is 0 Å². The molecule has 1 aromatic rings. The van der Waals surface area contributed by atoms with E-state index in [4.69, 9.17) is 4.84 Å². The van der Waals surface area contributed by atoms with Crippen molar-refractivity contribution in [3.63, 3.8) is 0 Å². The quantitative estimate of drug-likeness (QED) is 0.762. The van der Waals surface area contributed by atoms with Crippen LogP contribution >= 0.6 is 0 Å². The van der Waals surface area contributed by atoms with Gasteiger partial charge in [-0.05, 0) is 18.9 Å². The summed E-state index contributed by atoms with van der Waals surface area (Å²) in [6.45, 7) is 3.10. The molecule has 1 aliphatic heterocycles. The van der Waals surface area contributed by atoms with E-state index in [1.165, 1.54) is 17.7 Å². The summed E-state index contributed by atoms with van der Waals surface area (Å²) >= 11 is 0. The highest BCUT2D eigenvalue weighted by Crippen LogP contribution is 2.30. The van der Waals surface area contributed by atoms with Crippen molar-refractivity contribution in [2.24, 2.45) is 0 Å². The molecular formula is C14H20N2O2. The van der Waals surface area contributed by atoms with Crippen LogP contribution in [-0.2, 0) is 9.63 Å². The van der Waals surface area contributed by atoms with E-state index in [0.717, 1.165) is 13.0 Å². The highest BCUT2D eigenvalue weighted by atomic mass is 16.7. The Morgan fingerprint density at radius 1 is 1.44 bits per heavy atom. The number of carbonyl (C=O) groups excluding carboxylic acids is 1. The number of hydroxylamine groups is 2. The highest BCUT2D eigenvalue weighted by molar-refractivity contribution is 5.81. The molecule has 1 saturated heterocycles. The van der Waals surface area contributed by atoms with Crippen molar-refractivity contribution < 1.29 is 9.63 Å². The van der Waals surface area contributed by atoms with Crippen LogP contribution in [0.15, 0.2) is 30.3 Å². The lowest BCUT2D eigenvalue weighted by atomic mass is 9.96. The summed E-state index contributed by atoms with van der Waals surface area (Å²) in [6.07, 6.45) is 0.906. The van der Waals surface area contributed by atoms with E-state index in [9.17, 15) is 4.79 Å². The molecule has 0 unspecified atom stereocenters. The van der Waals surface area contributed by atoms with Crippen molar-refractivity contribution in [1.82, 2.24) is 9.96 Å². The van der Waals surface area contributed by atoms with Crippen molar-refractivity contribution in [3.8, 4) is 0 Å². The Morgan fingerprint density at radius 3 is 2.61 bits per heavy atom. The van der Waals surface area contributed by atoms with Gasteiger partial charge in [-0.1, -0.05) is 30.3 Å². The fourth-order valence-corrected chi connectivity index (χ4v) is 2.36. The first-order chi connectivity index (χ1) is 8.65. The molecule has 1 fully saturated rings. The van der Waals surface area contributed by atoms with Gasteiger partial charge in [0.15, 0.2) is 0 Å². The van der Waals surface area contributed by atoms with Gasteiger partial charge in [-0.3, -0.25) is 14.5 Å². The minimum atomic E-state index is -0.0508. The molecule has 18 heavy (non-hydrogen) atoms. The maximum Gasteiger partial charge on any atom is 0.263 e. The molecule has 1 aliphatic rings. The standard InChI is InChI=1S/C14H20N2O2/c1-11(12-7-5-4-6-8-12)16-10-9-13(16)14(17)15(2)18-3/h4-8,11,13H,9-10H2,1-3H3/t11-,13+/m1/s1. The number of rotatable bonds is 4. The van der Waals surface area contributed by atoms with Gasteiger partial charge in [0.05, 0.1) is 13.2 Å². The van der Waals surface area contributed by atoms with E-state index in [1.54, 1.807) is 7.05 Å². The van der Waals surface area contributed by atoms with Crippen LogP contribution in [0, 0.1) is 0 Å². The van der Waals surface area contributed by atoms with Crippen molar-refractivity contribution in [3.05, 3.63) is 35.9 Å². The Morgan fingerprint density at radius 2 is 2.11 bits per heavy atom. The van der Waals surface area contributed by atoms with E-state index in [0.29, 0.717) is 0 Å². The molecule has 0 aromatic heterocycles. The van der Waals surface area contributed by atoms with Crippen molar-refractivity contribution in [1.29, 1.82) is 0 Å². The van der Waals surface area contributed by atoms with E-state index < -0.39 is 0 Å². The molecule has 0 saturated carbocycles. The number of nitrogens with zero attached hydrogens (tertiary/aromatic N) is 2. The predicted molar refractivity (Wildman–Crippen MR) is 69.7 cm³/mol. The van der Waals surface area contributed by atoms with E-state index >= 15 is 0 Å². The van der Waals surface area contributed by atoms with Gasteiger partial charge in [-0.15, -0.1) is 0 Å². The summed E-state index contributed by atoms with van der Waals surface area (Å²) in [7, 11) is 3.17. The summed E-state index contributed by atoms with van der Waals surface area (Å²) < 4.78 is 0. The molecule has 1 amide bonds. The van der Waals surface area contributed by atoms with Crippen LogP contribution in [0.2, 0.25) is 0 Å². The van der Waals surface area contributed by atoms with Gasteiger partial charge in [-0.2, -0.15) is 0 Å². The second kappa shape index (κ2) is 5.50. The molecule has 0 radical (unpaired) electrons. The zero-order valence-corrected chi connectivity index (χ0v) is 11.2. The summed E-state index contributed by atoms with van der Waals surface area (Å²) in [6, 6.07) is 10.5. The maximum absolute atomic E-state index is 12.1. The lowest BCUT2D eigenvalue weighted by Gasteiger charge is -2.44. The van der Waals surface area contributed by atoms with Gasteiger partial charge in [0.1, 0.15) is 0 Å². The van der Waals surface area contributed by atoms with Crippen LogP contribution in [0.1, 0.15) is 24.9 Å². The summed E-state index contributed by atoms with van der Waals surface area (Å²) in [5.41, 5.74) is 1.25. The minimum absolute atomic E-state index is 0.0338. The summed E-state index contributed by atoms with van der Waals surface area (Å²) in [5, 5.41) is 1.31. The molecular weight excluding hydrogens is 228 g/mol. The monoisotopic (exact) mass is 248 g/mol. The first-order valence-electron chi connectivity index (χ1n) is 6.27. The Balaban J connectivity index is 2.04. The van der Waals surface area contributed by atoms with Crippen molar-refractivity contribution in [2.75, 3.05) is 20.7 Å². The third kappa shape index (κ3) is 2.40. The third-order valence-corrected chi connectivity index (χ3v) is 3.71. The average Bonchev–Trinajstić information content (AvgIpc) is 2.37. The molecule has 1 heterocycles. The molecule has 1 aromatic carbocycles. The number of likely N-dealkylation sites (N-methyl/N-ethyl adjacent to an activating group) is 1. The van der Waals surface area contributed by atoms with Crippen LogP contribution in [0.25, 0.3) is 0 Å². The SMILES string of the molecule is CON(C)C(=O)[C@@H]1CCN1[C@H](C)c1ccccc1. The number of carbonyl (C=O) groups is 1. The molecule has 2 rings (SSSR count). The van der Waals surface area contributed by atoms with Gasteiger partial charge in [0, 0.05) is 19.6 Å². The second-order valence-corrected chi connectivity index (χ2v) is 4.65. The van der Waals surface area contributed by atoms with Crippen molar-refractivity contribution >= 4 is 5.91 Å². The fraction of sp³-hybridized carbons (Fsp3) is 0.500. The van der Waals surface area contributed by atoms with Gasteiger partial charge in [0.2, 0.25) is 0 Å². The van der Waals surface area contributed by atoms with Crippen LogP contribution in [0.4, 0.5) is 0 Å². The minimum Gasteiger partial charge on any atom is -0.285 e. The Labute approximate surface area is 108 Å². The van der Waals surface area contributed by atoms with E-state index in [-0.39, 0.29) is 18.0 Å². The maximum atomic E-state index is 12.1. The molecule has 2 atom stereocenters. The molecule has 4 heteroatoms. The van der Waals surface area contributed by atoms with Crippen LogP contribution in [0.5, 0.6) is 0 Å². The molecule has 0 N–H and O–H groups in total. The Bertz CT molecular complexity index is 408.